The standard InChI is InChI=1S/C15H19N3O/c1-19-15-6-4-13(5-7-15)3-2-12-18(16)14-8-10-17-11-9-14/h4-11H,2-3,12,16H2,1H3. The third kappa shape index (κ3) is 3.96. The molecule has 0 bridgehead atoms. The highest BCUT2D eigenvalue weighted by Gasteiger charge is 2.01. The Morgan fingerprint density at radius 2 is 1.79 bits per heavy atom. The van der Waals surface area contributed by atoms with Crippen molar-refractivity contribution in [3.05, 3.63) is 54.4 Å². The van der Waals surface area contributed by atoms with Crippen molar-refractivity contribution in [1.29, 1.82) is 0 Å². The molecule has 2 aromatic rings. The van der Waals surface area contributed by atoms with Gasteiger partial charge in [-0.05, 0) is 42.7 Å². The van der Waals surface area contributed by atoms with Crippen molar-refractivity contribution < 1.29 is 4.74 Å². The number of hydrazine groups is 1. The summed E-state index contributed by atoms with van der Waals surface area (Å²) in [6.07, 6.45) is 5.51. The molecule has 4 heteroatoms. The molecule has 0 aliphatic heterocycles. The summed E-state index contributed by atoms with van der Waals surface area (Å²) in [6, 6.07) is 12.0. The number of nitrogens with two attached hydrogens (primary N) is 1. The first-order chi connectivity index (χ1) is 9.29. The lowest BCUT2D eigenvalue weighted by molar-refractivity contribution is 0.414. The fourth-order valence-corrected chi connectivity index (χ4v) is 1.91. The van der Waals surface area contributed by atoms with E-state index in [0.29, 0.717) is 0 Å². The van der Waals surface area contributed by atoms with E-state index >= 15 is 0 Å². The summed E-state index contributed by atoms with van der Waals surface area (Å²) in [5, 5.41) is 1.76. The van der Waals surface area contributed by atoms with E-state index in [9.17, 15) is 0 Å². The van der Waals surface area contributed by atoms with E-state index in [4.69, 9.17) is 10.6 Å². The summed E-state index contributed by atoms with van der Waals surface area (Å²) in [7, 11) is 1.68. The number of hydrogen-bond donors (Lipinski definition) is 1. The van der Waals surface area contributed by atoms with Crippen LogP contribution in [0, 0.1) is 0 Å². The summed E-state index contributed by atoms with van der Waals surface area (Å²) in [5.41, 5.74) is 2.29. The van der Waals surface area contributed by atoms with Gasteiger partial charge in [0.15, 0.2) is 0 Å². The third-order valence-corrected chi connectivity index (χ3v) is 3.02. The maximum atomic E-state index is 5.99. The zero-order valence-corrected chi connectivity index (χ0v) is 11.1. The molecule has 0 fully saturated rings. The molecule has 2 rings (SSSR count). The molecule has 0 radical (unpaired) electrons. The second-order valence-corrected chi connectivity index (χ2v) is 4.35. The highest BCUT2D eigenvalue weighted by molar-refractivity contribution is 5.42. The van der Waals surface area contributed by atoms with E-state index in [1.807, 2.05) is 24.3 Å². The van der Waals surface area contributed by atoms with E-state index in [1.165, 1.54) is 5.56 Å². The predicted octanol–water partition coefficient (Wildman–Crippen LogP) is 2.40. The van der Waals surface area contributed by atoms with Crippen LogP contribution in [0.5, 0.6) is 5.75 Å². The maximum absolute atomic E-state index is 5.99. The van der Waals surface area contributed by atoms with Gasteiger partial charge < -0.3 is 9.75 Å². The zero-order valence-electron chi connectivity index (χ0n) is 11.1. The van der Waals surface area contributed by atoms with Crippen LogP contribution >= 0.6 is 0 Å². The molecule has 19 heavy (non-hydrogen) atoms. The zero-order chi connectivity index (χ0) is 13.5. The van der Waals surface area contributed by atoms with Crippen LogP contribution in [0.4, 0.5) is 5.69 Å². The van der Waals surface area contributed by atoms with Gasteiger partial charge in [0.1, 0.15) is 5.75 Å². The number of aromatic nitrogens is 1. The number of aryl methyl sites for hydroxylation is 1. The Morgan fingerprint density at radius 1 is 1.11 bits per heavy atom. The van der Waals surface area contributed by atoms with Crippen LogP contribution < -0.4 is 15.6 Å². The maximum Gasteiger partial charge on any atom is 0.118 e. The third-order valence-electron chi connectivity index (χ3n) is 3.02. The highest BCUT2D eigenvalue weighted by Crippen LogP contribution is 2.13. The molecule has 1 heterocycles. The first-order valence-corrected chi connectivity index (χ1v) is 6.35. The second kappa shape index (κ2) is 6.75. The molecular weight excluding hydrogens is 238 g/mol. The number of benzene rings is 1. The molecule has 100 valence electrons. The van der Waals surface area contributed by atoms with Crippen LogP contribution in [-0.2, 0) is 6.42 Å². The van der Waals surface area contributed by atoms with Crippen molar-refractivity contribution in [1.82, 2.24) is 4.98 Å². The number of methoxy groups -OCH3 is 1. The Kier molecular flexibility index (Phi) is 4.75. The molecule has 0 spiro atoms. The van der Waals surface area contributed by atoms with Crippen molar-refractivity contribution in [2.24, 2.45) is 5.84 Å². The number of pyridine rings is 1. The van der Waals surface area contributed by atoms with E-state index in [2.05, 4.69) is 17.1 Å². The largest absolute Gasteiger partial charge is 0.497 e. The van der Waals surface area contributed by atoms with Gasteiger partial charge in [-0.15, -0.1) is 0 Å². The van der Waals surface area contributed by atoms with Crippen LogP contribution in [0.2, 0.25) is 0 Å². The number of rotatable bonds is 6. The van der Waals surface area contributed by atoms with E-state index in [0.717, 1.165) is 30.8 Å². The van der Waals surface area contributed by atoms with Crippen LogP contribution in [0.3, 0.4) is 0 Å². The van der Waals surface area contributed by atoms with E-state index in [-0.39, 0.29) is 0 Å². The van der Waals surface area contributed by atoms with Gasteiger partial charge in [-0.1, -0.05) is 12.1 Å². The van der Waals surface area contributed by atoms with Gasteiger partial charge >= 0.3 is 0 Å². The summed E-state index contributed by atoms with van der Waals surface area (Å²) < 4.78 is 5.14. The highest BCUT2D eigenvalue weighted by atomic mass is 16.5. The van der Waals surface area contributed by atoms with Gasteiger partial charge in [-0.2, -0.15) is 0 Å². The van der Waals surface area contributed by atoms with Crippen LogP contribution in [0.1, 0.15) is 12.0 Å². The van der Waals surface area contributed by atoms with Gasteiger partial charge in [0, 0.05) is 18.9 Å². The second-order valence-electron chi connectivity index (χ2n) is 4.35. The fourth-order valence-electron chi connectivity index (χ4n) is 1.91. The molecule has 2 N–H and O–H groups in total. The average Bonchev–Trinajstić information content (AvgIpc) is 2.49. The Labute approximate surface area is 113 Å². The molecule has 1 aromatic heterocycles. The Balaban J connectivity index is 1.79. The molecular formula is C15H19N3O. The van der Waals surface area contributed by atoms with Crippen molar-refractivity contribution in [3.8, 4) is 5.75 Å². The Morgan fingerprint density at radius 3 is 2.42 bits per heavy atom. The van der Waals surface area contributed by atoms with E-state index in [1.54, 1.807) is 24.5 Å². The number of ether oxygens (including phenoxy) is 1. The number of anilines is 1. The smallest absolute Gasteiger partial charge is 0.118 e. The first-order valence-electron chi connectivity index (χ1n) is 6.35. The number of hydrogen-bond acceptors (Lipinski definition) is 4. The molecule has 0 atom stereocenters. The lowest BCUT2D eigenvalue weighted by atomic mass is 10.1. The molecule has 0 aliphatic carbocycles. The van der Waals surface area contributed by atoms with Gasteiger partial charge in [-0.25, -0.2) is 5.84 Å². The quantitative estimate of drug-likeness (QED) is 0.638. The molecule has 0 amide bonds. The van der Waals surface area contributed by atoms with Gasteiger partial charge in [0.2, 0.25) is 0 Å². The number of nitrogens with zero attached hydrogens (tertiary/aromatic N) is 2. The van der Waals surface area contributed by atoms with Crippen molar-refractivity contribution >= 4 is 5.69 Å². The lowest BCUT2D eigenvalue weighted by Crippen LogP contribution is -2.32. The minimum atomic E-state index is 0.816. The summed E-state index contributed by atoms with van der Waals surface area (Å²) in [5.74, 6) is 6.88. The van der Waals surface area contributed by atoms with Crippen LogP contribution in [0.25, 0.3) is 0 Å². The van der Waals surface area contributed by atoms with E-state index < -0.39 is 0 Å². The topological polar surface area (TPSA) is 51.4 Å². The summed E-state index contributed by atoms with van der Waals surface area (Å²) >= 11 is 0. The summed E-state index contributed by atoms with van der Waals surface area (Å²) in [6.45, 7) is 0.816. The SMILES string of the molecule is COc1ccc(CCCN(N)c2ccncc2)cc1. The Hall–Kier alpha value is -2.07. The van der Waals surface area contributed by atoms with Crippen molar-refractivity contribution in [2.75, 3.05) is 18.7 Å². The van der Waals surface area contributed by atoms with Crippen molar-refractivity contribution in [3.63, 3.8) is 0 Å². The molecule has 0 aliphatic rings. The molecule has 1 aromatic carbocycles. The lowest BCUT2D eigenvalue weighted by Gasteiger charge is -2.18. The van der Waals surface area contributed by atoms with Crippen LogP contribution in [-0.4, -0.2) is 18.6 Å². The first kappa shape index (κ1) is 13.4. The molecule has 0 saturated heterocycles. The van der Waals surface area contributed by atoms with Gasteiger partial charge in [0.05, 0.1) is 12.8 Å². The fraction of sp³-hybridized carbons (Fsp3) is 0.267. The van der Waals surface area contributed by atoms with Gasteiger partial charge in [-0.3, -0.25) is 4.98 Å². The predicted molar refractivity (Wildman–Crippen MR) is 77.1 cm³/mol. The van der Waals surface area contributed by atoms with Gasteiger partial charge in [0.25, 0.3) is 0 Å². The monoisotopic (exact) mass is 257 g/mol. The Bertz CT molecular complexity index is 485. The minimum absolute atomic E-state index is 0.816. The summed E-state index contributed by atoms with van der Waals surface area (Å²) in [4.78, 5) is 3.98. The molecule has 0 saturated carbocycles. The molecule has 4 nitrogen and oxygen atoms in total. The molecule has 0 unspecified atom stereocenters. The minimum Gasteiger partial charge on any atom is -0.497 e. The normalized spacial score (nSPS) is 10.2. The van der Waals surface area contributed by atoms with Crippen LogP contribution in [0.15, 0.2) is 48.8 Å². The van der Waals surface area contributed by atoms with Crippen molar-refractivity contribution in [2.45, 2.75) is 12.8 Å². The average molecular weight is 257 g/mol.